The lowest BCUT2D eigenvalue weighted by atomic mass is 10.2. The minimum Gasteiger partial charge on any atom is -0.481 e. The van der Waals surface area contributed by atoms with Gasteiger partial charge in [-0.15, -0.1) is 0 Å². The van der Waals surface area contributed by atoms with Crippen molar-refractivity contribution in [3.63, 3.8) is 0 Å². The van der Waals surface area contributed by atoms with Gasteiger partial charge in [0.15, 0.2) is 6.10 Å². The van der Waals surface area contributed by atoms with Crippen LogP contribution < -0.4 is 15.0 Å². The second-order valence-corrected chi connectivity index (χ2v) is 6.03. The molecule has 2 aromatic rings. The molecule has 0 aromatic heterocycles. The standard InChI is InChI=1S/C20H21N3O3/c1-15(26-19-8-2-16(14-21)3-9-19)20(24)22-17-4-6-18(7-5-17)23-10-12-25-13-11-23/h2-9,15H,10-13H2,1H3,(H,22,24). The molecule has 0 aliphatic carbocycles. The van der Waals surface area contributed by atoms with Crippen molar-refractivity contribution < 1.29 is 14.3 Å². The molecule has 1 atom stereocenters. The summed E-state index contributed by atoms with van der Waals surface area (Å²) in [5.74, 6) is 0.322. The molecule has 0 bridgehead atoms. The Morgan fingerprint density at radius 1 is 1.15 bits per heavy atom. The summed E-state index contributed by atoms with van der Waals surface area (Å²) in [5.41, 5.74) is 2.39. The van der Waals surface area contributed by atoms with Gasteiger partial charge in [-0.3, -0.25) is 4.79 Å². The van der Waals surface area contributed by atoms with Gasteiger partial charge in [-0.25, -0.2) is 0 Å². The van der Waals surface area contributed by atoms with Gasteiger partial charge in [0, 0.05) is 24.5 Å². The molecule has 2 aromatic carbocycles. The fourth-order valence-corrected chi connectivity index (χ4v) is 2.69. The Balaban J connectivity index is 1.55. The van der Waals surface area contributed by atoms with Gasteiger partial charge < -0.3 is 19.7 Å². The first-order valence-corrected chi connectivity index (χ1v) is 8.56. The van der Waals surface area contributed by atoms with Crippen LogP contribution in [0.2, 0.25) is 0 Å². The molecular formula is C20H21N3O3. The van der Waals surface area contributed by atoms with Gasteiger partial charge in [-0.05, 0) is 55.5 Å². The molecule has 0 radical (unpaired) electrons. The van der Waals surface area contributed by atoms with Crippen molar-refractivity contribution in [3.05, 3.63) is 54.1 Å². The number of benzene rings is 2. The highest BCUT2D eigenvalue weighted by Gasteiger charge is 2.16. The van der Waals surface area contributed by atoms with E-state index in [0.29, 0.717) is 11.3 Å². The van der Waals surface area contributed by atoms with E-state index in [0.717, 1.165) is 37.7 Å². The zero-order chi connectivity index (χ0) is 18.4. The van der Waals surface area contributed by atoms with E-state index in [1.54, 1.807) is 31.2 Å². The van der Waals surface area contributed by atoms with Crippen molar-refractivity contribution in [2.45, 2.75) is 13.0 Å². The average molecular weight is 351 g/mol. The van der Waals surface area contributed by atoms with Gasteiger partial charge in [-0.2, -0.15) is 5.26 Å². The Morgan fingerprint density at radius 2 is 1.81 bits per heavy atom. The summed E-state index contributed by atoms with van der Waals surface area (Å²) in [6, 6.07) is 16.5. The number of ether oxygens (including phenoxy) is 2. The van der Waals surface area contributed by atoms with Crippen molar-refractivity contribution in [2.75, 3.05) is 36.5 Å². The zero-order valence-corrected chi connectivity index (χ0v) is 14.6. The molecule has 3 rings (SSSR count). The Morgan fingerprint density at radius 3 is 2.42 bits per heavy atom. The fraction of sp³-hybridized carbons (Fsp3) is 0.300. The topological polar surface area (TPSA) is 74.6 Å². The fourth-order valence-electron chi connectivity index (χ4n) is 2.69. The third-order valence-electron chi connectivity index (χ3n) is 4.18. The highest BCUT2D eigenvalue weighted by molar-refractivity contribution is 5.94. The van der Waals surface area contributed by atoms with E-state index in [1.807, 2.05) is 30.3 Å². The van der Waals surface area contributed by atoms with E-state index in [-0.39, 0.29) is 5.91 Å². The van der Waals surface area contributed by atoms with Gasteiger partial charge >= 0.3 is 0 Å². The molecule has 1 aliphatic heterocycles. The predicted octanol–water partition coefficient (Wildman–Crippen LogP) is 2.80. The average Bonchev–Trinajstić information content (AvgIpc) is 2.70. The second kappa shape index (κ2) is 8.37. The first kappa shape index (κ1) is 17.8. The van der Waals surface area contributed by atoms with Gasteiger partial charge in [0.2, 0.25) is 0 Å². The van der Waals surface area contributed by atoms with Crippen LogP contribution in [-0.2, 0) is 9.53 Å². The van der Waals surface area contributed by atoms with Crippen LogP contribution in [0, 0.1) is 11.3 Å². The van der Waals surface area contributed by atoms with Gasteiger partial charge in [-0.1, -0.05) is 0 Å². The first-order valence-electron chi connectivity index (χ1n) is 8.56. The molecular weight excluding hydrogens is 330 g/mol. The number of hydrogen-bond acceptors (Lipinski definition) is 5. The summed E-state index contributed by atoms with van der Waals surface area (Å²) in [5, 5.41) is 11.7. The predicted molar refractivity (Wildman–Crippen MR) is 99.4 cm³/mol. The quantitative estimate of drug-likeness (QED) is 0.897. The van der Waals surface area contributed by atoms with E-state index in [4.69, 9.17) is 14.7 Å². The number of carbonyl (C=O) groups is 1. The molecule has 26 heavy (non-hydrogen) atoms. The summed E-state index contributed by atoms with van der Waals surface area (Å²) in [7, 11) is 0. The van der Waals surface area contributed by atoms with Crippen LogP contribution in [0.1, 0.15) is 12.5 Å². The lowest BCUT2D eigenvalue weighted by molar-refractivity contribution is -0.122. The summed E-state index contributed by atoms with van der Waals surface area (Å²) in [6.45, 7) is 4.92. The van der Waals surface area contributed by atoms with E-state index >= 15 is 0 Å². The number of nitrogens with one attached hydrogen (secondary N) is 1. The highest BCUT2D eigenvalue weighted by atomic mass is 16.5. The minimum absolute atomic E-state index is 0.228. The molecule has 1 saturated heterocycles. The number of nitrogens with zero attached hydrogens (tertiary/aromatic N) is 2. The normalized spacial score (nSPS) is 15.0. The number of hydrogen-bond donors (Lipinski definition) is 1. The van der Waals surface area contributed by atoms with Crippen LogP contribution in [0.25, 0.3) is 0 Å². The third-order valence-corrected chi connectivity index (χ3v) is 4.18. The maximum Gasteiger partial charge on any atom is 0.265 e. The molecule has 0 spiro atoms. The smallest absolute Gasteiger partial charge is 0.265 e. The van der Waals surface area contributed by atoms with Crippen LogP contribution in [-0.4, -0.2) is 38.3 Å². The van der Waals surface area contributed by atoms with E-state index in [2.05, 4.69) is 10.2 Å². The van der Waals surface area contributed by atoms with E-state index in [1.165, 1.54) is 0 Å². The Bertz CT molecular complexity index is 775. The van der Waals surface area contributed by atoms with Crippen LogP contribution in [0.15, 0.2) is 48.5 Å². The van der Waals surface area contributed by atoms with Crippen LogP contribution in [0.4, 0.5) is 11.4 Å². The Labute approximate surface area is 152 Å². The van der Waals surface area contributed by atoms with Crippen molar-refractivity contribution >= 4 is 17.3 Å². The lowest BCUT2D eigenvalue weighted by Crippen LogP contribution is -2.36. The lowest BCUT2D eigenvalue weighted by Gasteiger charge is -2.29. The minimum atomic E-state index is -0.651. The number of carbonyl (C=O) groups excluding carboxylic acids is 1. The SMILES string of the molecule is CC(Oc1ccc(C#N)cc1)C(=O)Nc1ccc(N2CCOCC2)cc1. The van der Waals surface area contributed by atoms with Crippen molar-refractivity contribution in [3.8, 4) is 11.8 Å². The van der Waals surface area contributed by atoms with Gasteiger partial charge in [0.1, 0.15) is 5.75 Å². The monoisotopic (exact) mass is 351 g/mol. The summed E-state index contributed by atoms with van der Waals surface area (Å²) >= 11 is 0. The van der Waals surface area contributed by atoms with Crippen molar-refractivity contribution in [1.29, 1.82) is 5.26 Å². The first-order chi connectivity index (χ1) is 12.7. The molecule has 134 valence electrons. The number of nitriles is 1. The number of rotatable bonds is 5. The molecule has 1 unspecified atom stereocenters. The molecule has 1 amide bonds. The van der Waals surface area contributed by atoms with Crippen LogP contribution in [0.5, 0.6) is 5.75 Å². The maximum atomic E-state index is 12.3. The molecule has 1 aliphatic rings. The second-order valence-electron chi connectivity index (χ2n) is 6.03. The molecule has 6 nitrogen and oxygen atoms in total. The highest BCUT2D eigenvalue weighted by Crippen LogP contribution is 2.20. The summed E-state index contributed by atoms with van der Waals surface area (Å²) in [6.07, 6.45) is -0.651. The van der Waals surface area contributed by atoms with Crippen LogP contribution in [0.3, 0.4) is 0 Å². The summed E-state index contributed by atoms with van der Waals surface area (Å²) in [4.78, 5) is 14.6. The molecule has 1 N–H and O–H groups in total. The Hall–Kier alpha value is -3.04. The number of amides is 1. The molecule has 1 fully saturated rings. The van der Waals surface area contributed by atoms with Gasteiger partial charge in [0.05, 0.1) is 24.8 Å². The van der Waals surface area contributed by atoms with Crippen LogP contribution >= 0.6 is 0 Å². The molecule has 1 heterocycles. The Kier molecular flexibility index (Phi) is 5.72. The molecule has 6 heteroatoms. The number of morpholine rings is 1. The van der Waals surface area contributed by atoms with Crippen molar-refractivity contribution in [2.24, 2.45) is 0 Å². The number of anilines is 2. The third kappa shape index (κ3) is 4.52. The van der Waals surface area contributed by atoms with Crippen molar-refractivity contribution in [1.82, 2.24) is 0 Å². The molecule has 0 saturated carbocycles. The van der Waals surface area contributed by atoms with E-state index in [9.17, 15) is 4.79 Å². The largest absolute Gasteiger partial charge is 0.481 e. The van der Waals surface area contributed by atoms with Gasteiger partial charge in [0.25, 0.3) is 5.91 Å². The zero-order valence-electron chi connectivity index (χ0n) is 14.6. The summed E-state index contributed by atoms with van der Waals surface area (Å²) < 4.78 is 11.0. The maximum absolute atomic E-state index is 12.3. The van der Waals surface area contributed by atoms with E-state index < -0.39 is 6.10 Å².